The maximum absolute atomic E-state index is 15.2. The van der Waals surface area contributed by atoms with E-state index in [0.29, 0.717) is 38.9 Å². The Bertz CT molecular complexity index is 2210. The first kappa shape index (κ1) is 38.0. The van der Waals surface area contributed by atoms with E-state index in [0.717, 1.165) is 12.1 Å². The van der Waals surface area contributed by atoms with E-state index in [1.54, 1.807) is 30.5 Å². The molecule has 2 aromatic heterocycles. The third-order valence-electron chi connectivity index (χ3n) is 8.73. The van der Waals surface area contributed by atoms with Gasteiger partial charge in [0.15, 0.2) is 5.82 Å². The number of aliphatic imine (C=N–C) groups is 1. The predicted octanol–water partition coefficient (Wildman–Crippen LogP) is 6.97. The number of nitrogens with one attached hydrogen (secondary N) is 3. The minimum atomic E-state index is -3.57. The summed E-state index contributed by atoms with van der Waals surface area (Å²) in [4.78, 5) is 22.1. The van der Waals surface area contributed by atoms with Crippen LogP contribution in [0, 0.1) is 35.3 Å². The van der Waals surface area contributed by atoms with Crippen molar-refractivity contribution in [3.8, 4) is 23.0 Å². The van der Waals surface area contributed by atoms with E-state index in [2.05, 4.69) is 37.1 Å². The number of fused-ring (bicyclic) bond motifs is 2. The quantitative estimate of drug-likeness (QED) is 0.0666. The second-order valence-corrected chi connectivity index (χ2v) is 14.2. The summed E-state index contributed by atoms with van der Waals surface area (Å²) < 4.78 is 89.3. The van der Waals surface area contributed by atoms with Gasteiger partial charge in [-0.3, -0.25) is 14.9 Å². The van der Waals surface area contributed by atoms with Crippen molar-refractivity contribution < 1.29 is 36.2 Å². The number of benzene rings is 2. The second-order valence-electron chi connectivity index (χ2n) is 13.2. The minimum Gasteiger partial charge on any atom is -0.397 e. The fourth-order valence-electron chi connectivity index (χ4n) is 6.42. The summed E-state index contributed by atoms with van der Waals surface area (Å²) in [5.74, 6) is -2.53. The Kier molecular flexibility index (Phi) is 10.5. The third-order valence-corrected chi connectivity index (χ3v) is 9.45. The van der Waals surface area contributed by atoms with Gasteiger partial charge < -0.3 is 20.9 Å². The lowest BCUT2D eigenvalue weighted by Crippen LogP contribution is -2.35. The molecular weight excluding hydrogens is 744 g/mol. The normalized spacial score (nSPS) is 19.9. The first-order valence-electron chi connectivity index (χ1n) is 16.2. The van der Waals surface area contributed by atoms with Crippen molar-refractivity contribution in [2.45, 2.75) is 50.7 Å². The van der Waals surface area contributed by atoms with Gasteiger partial charge in [-0.05, 0) is 74.4 Å². The fourth-order valence-corrected chi connectivity index (χ4v) is 7.01. The molecule has 0 radical (unpaired) electrons. The molecule has 0 saturated heterocycles. The van der Waals surface area contributed by atoms with Crippen LogP contribution in [0.1, 0.15) is 43.3 Å². The number of aliphatic hydroxyl groups is 1. The Morgan fingerprint density at radius 1 is 1.19 bits per heavy atom. The first-order chi connectivity index (χ1) is 25.0. The molecule has 278 valence electrons. The number of carbonyl (C=O) groups is 1. The lowest BCUT2D eigenvalue weighted by Gasteiger charge is -2.22. The number of alkyl halides is 4. The largest absolute Gasteiger partial charge is 0.397 e. The summed E-state index contributed by atoms with van der Waals surface area (Å²) in [6.45, 7) is 2.02. The highest BCUT2D eigenvalue weighted by Crippen LogP contribution is 2.62. The van der Waals surface area contributed by atoms with E-state index in [4.69, 9.17) is 22.3 Å². The van der Waals surface area contributed by atoms with Crippen LogP contribution in [-0.4, -0.2) is 62.7 Å². The van der Waals surface area contributed by atoms with E-state index in [9.17, 15) is 27.5 Å². The molecule has 3 atom stereocenters. The SMILES string of the molecule is CSNc1n[nH]c2c(-c3ccc(C#CC(C)(C)O)nc3C(Cc3cc(F)cc(F)c3)NC(=O)CN=C3C(=C(N)C(F)F)C4CC4C3(F)F)ccc(Cl)c12. The summed E-state index contributed by atoms with van der Waals surface area (Å²) in [6, 6.07) is 8.10. The molecule has 53 heavy (non-hydrogen) atoms. The molecule has 2 heterocycles. The summed E-state index contributed by atoms with van der Waals surface area (Å²) in [5.41, 5.74) is 3.45. The van der Waals surface area contributed by atoms with E-state index in [1.165, 1.54) is 25.8 Å². The predicted molar refractivity (Wildman–Crippen MR) is 192 cm³/mol. The number of aromatic amines is 1. The fraction of sp³-hybridized carbons (Fsp3) is 0.333. The van der Waals surface area contributed by atoms with Crippen molar-refractivity contribution in [2.75, 3.05) is 17.5 Å². The number of aromatic nitrogens is 3. The number of hydrogen-bond donors (Lipinski definition) is 5. The molecule has 1 amide bonds. The maximum Gasteiger partial charge on any atom is 0.292 e. The summed E-state index contributed by atoms with van der Waals surface area (Å²) in [5, 5.41) is 21.1. The highest BCUT2D eigenvalue weighted by Gasteiger charge is 2.67. The molecule has 2 saturated carbocycles. The van der Waals surface area contributed by atoms with Crippen LogP contribution < -0.4 is 15.8 Å². The van der Waals surface area contributed by atoms with E-state index >= 15 is 8.78 Å². The van der Waals surface area contributed by atoms with E-state index in [1.807, 2.05) is 0 Å². The Labute approximate surface area is 309 Å². The number of pyridine rings is 1. The molecule has 3 unspecified atom stereocenters. The number of anilines is 1. The number of halogens is 7. The number of nitrogens with zero attached hydrogens (tertiary/aromatic N) is 3. The zero-order valence-corrected chi connectivity index (χ0v) is 29.9. The number of H-pyrrole nitrogens is 1. The first-order valence-corrected chi connectivity index (χ1v) is 17.8. The number of hydrogen-bond acceptors (Lipinski definition) is 8. The molecule has 6 N–H and O–H groups in total. The molecule has 0 spiro atoms. The summed E-state index contributed by atoms with van der Waals surface area (Å²) in [7, 11) is 0. The van der Waals surface area contributed by atoms with Crippen molar-refractivity contribution >= 4 is 51.9 Å². The van der Waals surface area contributed by atoms with Gasteiger partial charge in [0.05, 0.1) is 33.4 Å². The van der Waals surface area contributed by atoms with Crippen LogP contribution in [0.3, 0.4) is 0 Å². The molecular formula is C36H32ClF6N7O2S. The smallest absolute Gasteiger partial charge is 0.292 e. The molecule has 2 aliphatic carbocycles. The standard InChI is InChI=1S/C36H32ClF6N7O2S/c1-35(2,52)9-8-19-4-5-20(21-6-7-24(37)28-31(21)48-49-34(28)50-53-3)30(46-19)25(12-16-10-17(38)13-18(39)11-16)47-26(51)15-45-32-27(29(44)33(40)41)22-14-23(22)36(32,42)43/h4-7,10-11,13,22-23,25,33,52H,12,14-15,44H2,1-3H3,(H,47,51)(H2,48,49,50). The summed E-state index contributed by atoms with van der Waals surface area (Å²) >= 11 is 7.85. The van der Waals surface area contributed by atoms with Crippen LogP contribution in [0.2, 0.25) is 5.02 Å². The summed E-state index contributed by atoms with van der Waals surface area (Å²) in [6.07, 6.45) is -1.70. The number of rotatable bonds is 10. The van der Waals surface area contributed by atoms with Gasteiger partial charge >= 0.3 is 0 Å². The van der Waals surface area contributed by atoms with E-state index < -0.39 is 76.9 Å². The molecule has 17 heteroatoms. The van der Waals surface area contributed by atoms with E-state index in [-0.39, 0.29) is 29.8 Å². The molecule has 9 nitrogen and oxygen atoms in total. The number of nitrogens with two attached hydrogens (primary N) is 1. The molecule has 0 bridgehead atoms. The van der Waals surface area contributed by atoms with Gasteiger partial charge in [-0.1, -0.05) is 35.5 Å². The topological polar surface area (TPSA) is 141 Å². The van der Waals surface area contributed by atoms with Crippen LogP contribution in [0.15, 0.2) is 58.7 Å². The minimum absolute atomic E-state index is 0.0302. The van der Waals surface area contributed by atoms with Gasteiger partial charge in [-0.15, -0.1) is 0 Å². The maximum atomic E-state index is 15.2. The van der Waals surface area contributed by atoms with Crippen molar-refractivity contribution in [3.05, 3.63) is 87.3 Å². The zero-order chi connectivity index (χ0) is 38.4. The zero-order valence-electron chi connectivity index (χ0n) is 28.3. The van der Waals surface area contributed by atoms with Crippen LogP contribution >= 0.6 is 23.5 Å². The Balaban J connectivity index is 1.47. The van der Waals surface area contributed by atoms with Crippen molar-refractivity contribution in [1.82, 2.24) is 20.5 Å². The molecule has 6 rings (SSSR count). The van der Waals surface area contributed by atoms with Crippen molar-refractivity contribution in [2.24, 2.45) is 22.6 Å². The number of allylic oxidation sites excluding steroid dienone is 2. The molecule has 0 aliphatic heterocycles. The number of carbonyl (C=O) groups excluding carboxylic acids is 1. The average Bonchev–Trinajstić information content (AvgIpc) is 3.71. The van der Waals surface area contributed by atoms with Gasteiger partial charge in [-0.25, -0.2) is 22.5 Å². The molecule has 2 fully saturated rings. The van der Waals surface area contributed by atoms with Crippen LogP contribution in [0.5, 0.6) is 0 Å². The lowest BCUT2D eigenvalue weighted by molar-refractivity contribution is -0.120. The highest BCUT2D eigenvalue weighted by atomic mass is 35.5. The Morgan fingerprint density at radius 2 is 1.89 bits per heavy atom. The Hall–Kier alpha value is -4.72. The monoisotopic (exact) mass is 775 g/mol. The second kappa shape index (κ2) is 14.6. The highest BCUT2D eigenvalue weighted by molar-refractivity contribution is 7.99. The van der Waals surface area contributed by atoms with Crippen molar-refractivity contribution in [1.29, 1.82) is 0 Å². The molecule has 2 aromatic carbocycles. The van der Waals surface area contributed by atoms with Crippen molar-refractivity contribution in [3.63, 3.8) is 0 Å². The van der Waals surface area contributed by atoms with Gasteiger partial charge in [-0.2, -0.15) is 13.9 Å². The Morgan fingerprint density at radius 3 is 2.55 bits per heavy atom. The van der Waals surface area contributed by atoms with Gasteiger partial charge in [0, 0.05) is 34.9 Å². The van der Waals surface area contributed by atoms with Gasteiger partial charge in [0.2, 0.25) is 5.91 Å². The molecule has 2 aliphatic rings. The molecule has 4 aromatic rings. The van der Waals surface area contributed by atoms with Crippen LogP contribution in [0.4, 0.5) is 32.2 Å². The third kappa shape index (κ3) is 7.97. The lowest BCUT2D eigenvalue weighted by atomic mass is 9.93. The number of amides is 1. The van der Waals surface area contributed by atoms with Gasteiger partial charge in [0.1, 0.15) is 35.2 Å². The van der Waals surface area contributed by atoms with Crippen LogP contribution in [-0.2, 0) is 11.2 Å². The average molecular weight is 776 g/mol. The van der Waals surface area contributed by atoms with Crippen LogP contribution in [0.25, 0.3) is 22.0 Å². The van der Waals surface area contributed by atoms with Gasteiger partial charge in [0.25, 0.3) is 12.3 Å².